The molecule has 0 aliphatic carbocycles. The van der Waals surface area contributed by atoms with Crippen molar-refractivity contribution in [1.29, 1.82) is 0 Å². The van der Waals surface area contributed by atoms with Crippen LogP contribution in [0.3, 0.4) is 0 Å². The molecule has 0 aliphatic heterocycles. The molecule has 0 atom stereocenters. The van der Waals surface area contributed by atoms with Gasteiger partial charge < -0.3 is 9.73 Å². The number of nitrogens with one attached hydrogen (secondary N) is 1. The lowest BCUT2D eigenvalue weighted by Crippen LogP contribution is -2.24. The molecule has 0 spiro atoms. The van der Waals surface area contributed by atoms with Gasteiger partial charge in [0.15, 0.2) is 11.4 Å². The fraction of sp³-hybridized carbons (Fsp3) is 0.0769. The topological polar surface area (TPSA) is 121 Å². The monoisotopic (exact) mass is 575 g/mol. The van der Waals surface area contributed by atoms with Crippen LogP contribution in [0.4, 0.5) is 5.82 Å². The number of anilines is 1. The smallest absolute Gasteiger partial charge is 0.309 e. The van der Waals surface area contributed by atoms with Crippen molar-refractivity contribution in [2.75, 3.05) is 5.32 Å². The number of hydrogen-bond acceptors (Lipinski definition) is 10. The molecular formula is C26H18ClN7O3S2. The van der Waals surface area contributed by atoms with Crippen molar-refractivity contribution in [3.05, 3.63) is 109 Å². The average molecular weight is 576 g/mol. The van der Waals surface area contributed by atoms with Crippen LogP contribution in [0.1, 0.15) is 20.4 Å². The van der Waals surface area contributed by atoms with E-state index in [0.717, 1.165) is 10.4 Å². The predicted molar refractivity (Wildman–Crippen MR) is 149 cm³/mol. The molecule has 13 heteroatoms. The van der Waals surface area contributed by atoms with Crippen LogP contribution in [0.2, 0.25) is 4.34 Å². The van der Waals surface area contributed by atoms with Crippen molar-refractivity contribution in [2.24, 2.45) is 0 Å². The third kappa shape index (κ3) is 5.17. The first-order chi connectivity index (χ1) is 19.1. The van der Waals surface area contributed by atoms with E-state index in [-0.39, 0.29) is 18.0 Å². The highest BCUT2D eigenvalue weighted by atomic mass is 35.5. The number of pyridine rings is 2. The zero-order chi connectivity index (χ0) is 26.8. The van der Waals surface area contributed by atoms with Gasteiger partial charge in [-0.05, 0) is 42.0 Å². The largest absolute Gasteiger partial charge is 0.447 e. The quantitative estimate of drug-likeness (QED) is 0.260. The standard InChI is InChI=1S/C26H18ClN7O3S2/c27-22-4-1-18(39-22)13-31-23-11-20(32-34(23)26(36)24-30-9-10-38-24)21-3-2-19(16-5-7-28-8-6-16)25(35)33(21)14-17-12-29-15-37-17/h1-12,15,31H,13-14H2. The van der Waals surface area contributed by atoms with Gasteiger partial charge in [0.2, 0.25) is 0 Å². The van der Waals surface area contributed by atoms with Crippen LogP contribution in [0, 0.1) is 0 Å². The van der Waals surface area contributed by atoms with Crippen LogP contribution in [0.15, 0.2) is 88.2 Å². The Hall–Kier alpha value is -4.39. The molecule has 0 fully saturated rings. The molecule has 0 amide bonds. The van der Waals surface area contributed by atoms with E-state index in [9.17, 15) is 9.59 Å². The Morgan fingerprint density at radius 1 is 1.08 bits per heavy atom. The van der Waals surface area contributed by atoms with E-state index in [2.05, 4.69) is 25.4 Å². The van der Waals surface area contributed by atoms with E-state index in [4.69, 9.17) is 16.0 Å². The number of rotatable bonds is 8. The SMILES string of the molecule is O=C(c1nccs1)n1nc(-c2ccc(-c3ccncc3)c(=O)n2Cc2cnco2)cc1NCc1ccc(Cl)s1. The first-order valence-electron chi connectivity index (χ1n) is 11.6. The van der Waals surface area contributed by atoms with Gasteiger partial charge in [-0.1, -0.05) is 11.6 Å². The Balaban J connectivity index is 1.46. The van der Waals surface area contributed by atoms with Crippen molar-refractivity contribution in [3.63, 3.8) is 0 Å². The molecule has 0 aliphatic rings. The molecule has 0 radical (unpaired) electrons. The lowest BCUT2D eigenvalue weighted by Gasteiger charge is -2.12. The zero-order valence-electron chi connectivity index (χ0n) is 20.0. The molecule has 6 rings (SSSR count). The van der Waals surface area contributed by atoms with Crippen molar-refractivity contribution in [3.8, 4) is 22.5 Å². The zero-order valence-corrected chi connectivity index (χ0v) is 22.4. The molecule has 39 heavy (non-hydrogen) atoms. The third-order valence-electron chi connectivity index (χ3n) is 5.81. The van der Waals surface area contributed by atoms with Crippen LogP contribution in [0.5, 0.6) is 0 Å². The molecule has 0 bridgehead atoms. The number of hydrogen-bond donors (Lipinski definition) is 1. The van der Waals surface area contributed by atoms with E-state index >= 15 is 0 Å². The van der Waals surface area contributed by atoms with Crippen LogP contribution in [-0.4, -0.2) is 35.2 Å². The number of oxazole rings is 1. The van der Waals surface area contributed by atoms with Crippen molar-refractivity contribution < 1.29 is 9.21 Å². The summed E-state index contributed by atoms with van der Waals surface area (Å²) in [5.41, 5.74) is 1.89. The lowest BCUT2D eigenvalue weighted by molar-refractivity contribution is 0.0947. The summed E-state index contributed by atoms with van der Waals surface area (Å²) in [4.78, 5) is 40.2. The Morgan fingerprint density at radius 2 is 1.95 bits per heavy atom. The van der Waals surface area contributed by atoms with Gasteiger partial charge >= 0.3 is 5.91 Å². The average Bonchev–Trinajstić information content (AvgIpc) is 3.77. The van der Waals surface area contributed by atoms with Crippen molar-refractivity contribution >= 4 is 46.0 Å². The maximum absolute atomic E-state index is 13.8. The van der Waals surface area contributed by atoms with E-state index in [1.54, 1.807) is 65.1 Å². The first-order valence-corrected chi connectivity index (χ1v) is 13.7. The highest BCUT2D eigenvalue weighted by Crippen LogP contribution is 2.27. The molecule has 6 heterocycles. The van der Waals surface area contributed by atoms with Gasteiger partial charge in [-0.15, -0.1) is 22.7 Å². The number of aromatic nitrogens is 6. The fourth-order valence-electron chi connectivity index (χ4n) is 4.02. The van der Waals surface area contributed by atoms with Crippen molar-refractivity contribution in [1.82, 2.24) is 29.3 Å². The second-order valence-corrected chi connectivity index (χ2v) is 10.9. The molecule has 6 aromatic heterocycles. The van der Waals surface area contributed by atoms with Crippen LogP contribution in [-0.2, 0) is 13.1 Å². The summed E-state index contributed by atoms with van der Waals surface area (Å²) < 4.78 is 8.94. The molecule has 0 saturated heterocycles. The van der Waals surface area contributed by atoms with Crippen LogP contribution in [0.25, 0.3) is 22.5 Å². The summed E-state index contributed by atoms with van der Waals surface area (Å²) in [6.07, 6.45) is 7.70. The highest BCUT2D eigenvalue weighted by molar-refractivity contribution is 7.16. The lowest BCUT2D eigenvalue weighted by atomic mass is 10.1. The molecule has 0 saturated carbocycles. The number of thiazole rings is 1. The van der Waals surface area contributed by atoms with Gasteiger partial charge in [0.25, 0.3) is 5.56 Å². The normalized spacial score (nSPS) is 11.1. The molecular weight excluding hydrogens is 558 g/mol. The maximum atomic E-state index is 13.8. The number of halogens is 1. The molecule has 1 N–H and O–H groups in total. The summed E-state index contributed by atoms with van der Waals surface area (Å²) in [5.74, 6) is 0.559. The Kier molecular flexibility index (Phi) is 6.88. The van der Waals surface area contributed by atoms with Crippen LogP contribution >= 0.6 is 34.3 Å². The Morgan fingerprint density at radius 3 is 2.67 bits per heavy atom. The fourth-order valence-corrected chi connectivity index (χ4v) is 5.60. The van der Waals surface area contributed by atoms with Gasteiger partial charge in [0.05, 0.1) is 29.3 Å². The Bertz CT molecular complexity index is 1790. The van der Waals surface area contributed by atoms with Gasteiger partial charge in [0.1, 0.15) is 17.3 Å². The number of carbonyl (C=O) groups excluding carboxylic acids is 1. The summed E-state index contributed by atoms with van der Waals surface area (Å²) >= 11 is 8.75. The second-order valence-electron chi connectivity index (χ2n) is 8.26. The predicted octanol–water partition coefficient (Wildman–Crippen LogP) is 5.28. The van der Waals surface area contributed by atoms with E-state index in [1.807, 2.05) is 12.1 Å². The maximum Gasteiger partial charge on any atom is 0.309 e. The Labute approximate surface area is 234 Å². The van der Waals surface area contributed by atoms with Gasteiger partial charge in [-0.3, -0.25) is 19.1 Å². The van der Waals surface area contributed by atoms with E-state index < -0.39 is 0 Å². The minimum absolute atomic E-state index is 0.122. The van der Waals surface area contributed by atoms with E-state index in [0.29, 0.717) is 44.4 Å². The minimum atomic E-state index is -0.388. The third-order valence-corrected chi connectivity index (χ3v) is 7.81. The first kappa shape index (κ1) is 24.9. The van der Waals surface area contributed by atoms with Gasteiger partial charge in [0, 0.05) is 40.5 Å². The van der Waals surface area contributed by atoms with E-state index in [1.165, 1.54) is 33.7 Å². The van der Waals surface area contributed by atoms with Gasteiger partial charge in [-0.25, -0.2) is 9.97 Å². The number of carbonyl (C=O) groups is 1. The summed E-state index contributed by atoms with van der Waals surface area (Å²) in [5, 5.41) is 9.92. The summed E-state index contributed by atoms with van der Waals surface area (Å²) in [6, 6.07) is 12.6. The highest BCUT2D eigenvalue weighted by Gasteiger charge is 2.22. The second kappa shape index (κ2) is 10.8. The van der Waals surface area contributed by atoms with Gasteiger partial charge in [-0.2, -0.15) is 9.78 Å². The van der Waals surface area contributed by atoms with Crippen molar-refractivity contribution in [2.45, 2.75) is 13.1 Å². The summed E-state index contributed by atoms with van der Waals surface area (Å²) in [6.45, 7) is 0.552. The molecule has 0 aromatic carbocycles. The number of nitrogens with zero attached hydrogens (tertiary/aromatic N) is 6. The molecule has 0 unspecified atom stereocenters. The molecule has 6 aromatic rings. The molecule has 10 nitrogen and oxygen atoms in total. The summed E-state index contributed by atoms with van der Waals surface area (Å²) in [7, 11) is 0. The van der Waals surface area contributed by atoms with Crippen LogP contribution < -0.4 is 10.9 Å². The molecule has 194 valence electrons. The number of thiophene rings is 1. The minimum Gasteiger partial charge on any atom is -0.447 e.